The zero-order chi connectivity index (χ0) is 13.4. The molecule has 0 bridgehead atoms. The maximum absolute atomic E-state index is 13.0. The summed E-state index contributed by atoms with van der Waals surface area (Å²) < 4.78 is 38.9. The summed E-state index contributed by atoms with van der Waals surface area (Å²) in [6.07, 6.45) is -1.79. The highest BCUT2D eigenvalue weighted by Gasteiger charge is 2.48. The van der Waals surface area contributed by atoms with E-state index in [0.29, 0.717) is 11.5 Å². The van der Waals surface area contributed by atoms with E-state index >= 15 is 0 Å². The fraction of sp³-hybridized carbons (Fsp3) is 0.571. The van der Waals surface area contributed by atoms with E-state index in [4.69, 9.17) is 0 Å². The van der Waals surface area contributed by atoms with Crippen LogP contribution in [-0.2, 0) is 5.41 Å². The zero-order valence-electron chi connectivity index (χ0n) is 10.6. The number of halogens is 3. The summed E-state index contributed by atoms with van der Waals surface area (Å²) in [5.41, 5.74) is -0.739. The quantitative estimate of drug-likeness (QED) is 0.845. The number of anilines is 1. The van der Waals surface area contributed by atoms with Crippen LogP contribution >= 0.6 is 0 Å². The van der Waals surface area contributed by atoms with Crippen molar-refractivity contribution in [1.29, 1.82) is 0 Å². The van der Waals surface area contributed by atoms with Crippen molar-refractivity contribution in [3.63, 3.8) is 0 Å². The predicted molar refractivity (Wildman–Crippen MR) is 66.7 cm³/mol. The Labute approximate surface area is 105 Å². The lowest BCUT2D eigenvalue weighted by Gasteiger charge is -2.28. The van der Waals surface area contributed by atoms with Crippen LogP contribution in [0.15, 0.2) is 24.3 Å². The van der Waals surface area contributed by atoms with E-state index in [1.165, 1.54) is 32.8 Å². The van der Waals surface area contributed by atoms with Gasteiger partial charge in [-0.3, -0.25) is 0 Å². The SMILES string of the molecule is CC(C)(c1cccc(NCC2CC2)c1)C(F)(F)F. The maximum Gasteiger partial charge on any atom is 0.397 e. The first-order valence-electron chi connectivity index (χ1n) is 6.22. The lowest BCUT2D eigenvalue weighted by Crippen LogP contribution is -2.36. The average Bonchev–Trinajstić information content (AvgIpc) is 3.09. The normalized spacial score (nSPS) is 16.7. The van der Waals surface area contributed by atoms with E-state index in [1.807, 2.05) is 6.07 Å². The molecule has 4 heteroatoms. The molecule has 0 amide bonds. The minimum absolute atomic E-state index is 0.302. The summed E-state index contributed by atoms with van der Waals surface area (Å²) >= 11 is 0. The first-order valence-corrected chi connectivity index (χ1v) is 6.22. The van der Waals surface area contributed by atoms with E-state index in [0.717, 1.165) is 12.2 Å². The van der Waals surface area contributed by atoms with E-state index in [1.54, 1.807) is 12.1 Å². The van der Waals surface area contributed by atoms with E-state index in [9.17, 15) is 13.2 Å². The molecule has 1 nitrogen and oxygen atoms in total. The molecule has 1 aliphatic rings. The van der Waals surface area contributed by atoms with Gasteiger partial charge in [-0.05, 0) is 50.3 Å². The molecule has 0 aliphatic heterocycles. The van der Waals surface area contributed by atoms with Crippen LogP contribution in [0.25, 0.3) is 0 Å². The Morgan fingerprint density at radius 1 is 1.22 bits per heavy atom. The van der Waals surface area contributed by atoms with Crippen LogP contribution in [0.2, 0.25) is 0 Å². The number of hydrogen-bond acceptors (Lipinski definition) is 1. The minimum Gasteiger partial charge on any atom is -0.385 e. The smallest absolute Gasteiger partial charge is 0.385 e. The van der Waals surface area contributed by atoms with Gasteiger partial charge < -0.3 is 5.32 Å². The standard InChI is InChI=1S/C14H18F3N/c1-13(2,14(15,16)17)11-4-3-5-12(8-11)18-9-10-6-7-10/h3-5,8,10,18H,6-7,9H2,1-2H3. The molecule has 0 saturated heterocycles. The van der Waals surface area contributed by atoms with Crippen LogP contribution in [0.5, 0.6) is 0 Å². The second kappa shape index (κ2) is 4.48. The van der Waals surface area contributed by atoms with E-state index in [-0.39, 0.29) is 0 Å². The Morgan fingerprint density at radius 2 is 1.89 bits per heavy atom. The summed E-state index contributed by atoms with van der Waals surface area (Å²) in [5.74, 6) is 0.698. The van der Waals surface area contributed by atoms with E-state index < -0.39 is 11.6 Å². The number of rotatable bonds is 4. The Bertz CT molecular complexity index is 419. The van der Waals surface area contributed by atoms with Gasteiger partial charge in [0, 0.05) is 12.2 Å². The van der Waals surface area contributed by atoms with Crippen molar-refractivity contribution in [1.82, 2.24) is 0 Å². The largest absolute Gasteiger partial charge is 0.397 e. The molecule has 1 aliphatic carbocycles. The molecular weight excluding hydrogens is 239 g/mol. The molecule has 1 N–H and O–H groups in total. The molecule has 0 aromatic heterocycles. The molecule has 18 heavy (non-hydrogen) atoms. The Kier molecular flexibility index (Phi) is 3.30. The molecule has 100 valence electrons. The Balaban J connectivity index is 2.15. The third-order valence-corrected chi connectivity index (χ3v) is 3.58. The highest BCUT2D eigenvalue weighted by Crippen LogP contribution is 2.41. The summed E-state index contributed by atoms with van der Waals surface area (Å²) in [5, 5.41) is 3.20. The topological polar surface area (TPSA) is 12.0 Å². The number of benzene rings is 1. The number of nitrogens with one attached hydrogen (secondary N) is 1. The van der Waals surface area contributed by atoms with Gasteiger partial charge in [-0.25, -0.2) is 0 Å². The lowest BCUT2D eigenvalue weighted by molar-refractivity contribution is -0.180. The second-order valence-corrected chi connectivity index (χ2v) is 5.53. The maximum atomic E-state index is 13.0. The average molecular weight is 257 g/mol. The van der Waals surface area contributed by atoms with Crippen molar-refractivity contribution in [2.75, 3.05) is 11.9 Å². The van der Waals surface area contributed by atoms with Gasteiger partial charge in [-0.1, -0.05) is 12.1 Å². The van der Waals surface area contributed by atoms with Crippen molar-refractivity contribution < 1.29 is 13.2 Å². The Hall–Kier alpha value is -1.19. The van der Waals surface area contributed by atoms with E-state index in [2.05, 4.69) is 5.32 Å². The molecule has 1 aromatic rings. The molecule has 0 atom stereocenters. The summed E-state index contributed by atoms with van der Waals surface area (Å²) in [7, 11) is 0. The molecule has 1 aromatic carbocycles. The van der Waals surface area contributed by atoms with Crippen LogP contribution in [-0.4, -0.2) is 12.7 Å². The molecule has 1 saturated carbocycles. The van der Waals surface area contributed by atoms with Crippen molar-refractivity contribution in [2.45, 2.75) is 38.3 Å². The van der Waals surface area contributed by atoms with Gasteiger partial charge >= 0.3 is 6.18 Å². The van der Waals surface area contributed by atoms with Gasteiger partial charge in [-0.2, -0.15) is 13.2 Å². The monoisotopic (exact) mass is 257 g/mol. The first kappa shape index (κ1) is 13.2. The van der Waals surface area contributed by atoms with Gasteiger partial charge in [0.15, 0.2) is 0 Å². The third kappa shape index (κ3) is 2.79. The molecule has 0 heterocycles. The molecule has 0 radical (unpaired) electrons. The van der Waals surface area contributed by atoms with Gasteiger partial charge in [0.05, 0.1) is 5.41 Å². The number of hydrogen-bond donors (Lipinski definition) is 1. The van der Waals surface area contributed by atoms with Crippen LogP contribution in [0.4, 0.5) is 18.9 Å². The Morgan fingerprint density at radius 3 is 2.44 bits per heavy atom. The van der Waals surface area contributed by atoms with Crippen molar-refractivity contribution >= 4 is 5.69 Å². The van der Waals surface area contributed by atoms with Crippen LogP contribution < -0.4 is 5.32 Å². The fourth-order valence-corrected chi connectivity index (χ4v) is 1.77. The van der Waals surface area contributed by atoms with Gasteiger partial charge in [0.2, 0.25) is 0 Å². The minimum atomic E-state index is -4.23. The first-order chi connectivity index (χ1) is 8.30. The molecule has 2 rings (SSSR count). The second-order valence-electron chi connectivity index (χ2n) is 5.53. The molecular formula is C14H18F3N. The molecule has 0 unspecified atom stereocenters. The van der Waals surface area contributed by atoms with Crippen LogP contribution in [0.1, 0.15) is 32.3 Å². The number of alkyl halides is 3. The zero-order valence-corrected chi connectivity index (χ0v) is 10.6. The lowest BCUT2D eigenvalue weighted by atomic mass is 9.84. The van der Waals surface area contributed by atoms with Crippen LogP contribution in [0, 0.1) is 5.92 Å². The predicted octanol–water partition coefficient (Wildman–Crippen LogP) is 4.35. The van der Waals surface area contributed by atoms with Crippen molar-refractivity contribution in [3.8, 4) is 0 Å². The fourth-order valence-electron chi connectivity index (χ4n) is 1.77. The highest BCUT2D eigenvalue weighted by atomic mass is 19.4. The summed E-state index contributed by atoms with van der Waals surface area (Å²) in [4.78, 5) is 0. The molecule has 0 spiro atoms. The van der Waals surface area contributed by atoms with Gasteiger partial charge in [0.1, 0.15) is 0 Å². The van der Waals surface area contributed by atoms with Gasteiger partial charge in [-0.15, -0.1) is 0 Å². The summed E-state index contributed by atoms with van der Waals surface area (Å²) in [6.45, 7) is 3.29. The van der Waals surface area contributed by atoms with Crippen LogP contribution in [0.3, 0.4) is 0 Å². The highest BCUT2D eigenvalue weighted by molar-refractivity contribution is 5.48. The van der Waals surface area contributed by atoms with Crippen molar-refractivity contribution in [2.24, 2.45) is 5.92 Å². The van der Waals surface area contributed by atoms with Crippen molar-refractivity contribution in [3.05, 3.63) is 29.8 Å². The molecule has 1 fully saturated rings. The third-order valence-electron chi connectivity index (χ3n) is 3.58. The summed E-state index contributed by atoms with van der Waals surface area (Å²) in [6, 6.07) is 6.64. The van der Waals surface area contributed by atoms with Gasteiger partial charge in [0.25, 0.3) is 0 Å².